The molecule has 1 heterocycles. The molecule has 0 spiro atoms. The highest BCUT2D eigenvalue weighted by molar-refractivity contribution is 9.10. The quantitative estimate of drug-likeness (QED) is 0.309. The molecule has 1 aromatic heterocycles. The van der Waals surface area contributed by atoms with E-state index in [1.54, 1.807) is 12.1 Å². The maximum atomic E-state index is 13.1. The lowest BCUT2D eigenvalue weighted by molar-refractivity contribution is 0.105. The van der Waals surface area contributed by atoms with Crippen LogP contribution in [0.25, 0.3) is 22.7 Å². The van der Waals surface area contributed by atoms with E-state index >= 15 is 0 Å². The van der Waals surface area contributed by atoms with Crippen molar-refractivity contribution in [3.05, 3.63) is 100 Å². The van der Waals surface area contributed by atoms with E-state index in [1.807, 2.05) is 72.8 Å². The second-order valence-electron chi connectivity index (χ2n) is 5.79. The molecular formula is C22H14BrNO2. The van der Waals surface area contributed by atoms with Gasteiger partial charge in [0.25, 0.3) is 0 Å². The third-order valence-electron chi connectivity index (χ3n) is 3.96. The summed E-state index contributed by atoms with van der Waals surface area (Å²) in [7, 11) is 0. The normalized spacial score (nSPS) is 11.7. The fourth-order valence-electron chi connectivity index (χ4n) is 2.72. The molecule has 26 heavy (non-hydrogen) atoms. The highest BCUT2D eigenvalue weighted by atomic mass is 79.9. The fraction of sp³-hybridized carbons (Fsp3) is 0. The molecular weight excluding hydrogens is 390 g/mol. The van der Waals surface area contributed by atoms with Crippen LogP contribution in [0.15, 0.2) is 87.8 Å². The summed E-state index contributed by atoms with van der Waals surface area (Å²) in [5, 5.41) is 0. The van der Waals surface area contributed by atoms with Crippen LogP contribution < -0.4 is 0 Å². The van der Waals surface area contributed by atoms with Crippen LogP contribution in [0.2, 0.25) is 0 Å². The van der Waals surface area contributed by atoms with Gasteiger partial charge in [-0.05, 0) is 35.9 Å². The number of allylic oxidation sites excluding steroid dienone is 1. The van der Waals surface area contributed by atoms with Crippen molar-refractivity contribution in [2.24, 2.45) is 0 Å². The molecule has 3 aromatic carbocycles. The molecule has 0 aliphatic carbocycles. The second kappa shape index (κ2) is 7.10. The Morgan fingerprint density at radius 1 is 0.923 bits per heavy atom. The van der Waals surface area contributed by atoms with E-state index in [9.17, 15) is 4.79 Å². The van der Waals surface area contributed by atoms with Crippen LogP contribution in [0, 0.1) is 0 Å². The zero-order chi connectivity index (χ0) is 17.9. The molecule has 4 heteroatoms. The molecule has 4 aromatic rings. The maximum absolute atomic E-state index is 13.1. The van der Waals surface area contributed by atoms with Crippen molar-refractivity contribution < 1.29 is 9.21 Å². The molecule has 0 radical (unpaired) electrons. The lowest BCUT2D eigenvalue weighted by Crippen LogP contribution is -2.03. The van der Waals surface area contributed by atoms with Crippen LogP contribution in [0.4, 0.5) is 0 Å². The van der Waals surface area contributed by atoms with E-state index < -0.39 is 0 Å². The van der Waals surface area contributed by atoms with Crippen molar-refractivity contribution in [1.82, 2.24) is 4.98 Å². The van der Waals surface area contributed by atoms with Crippen LogP contribution in [0.1, 0.15) is 21.8 Å². The van der Waals surface area contributed by atoms with Gasteiger partial charge < -0.3 is 4.42 Å². The van der Waals surface area contributed by atoms with Gasteiger partial charge in [0, 0.05) is 10.0 Å². The summed E-state index contributed by atoms with van der Waals surface area (Å²) in [4.78, 5) is 17.6. The lowest BCUT2D eigenvalue weighted by Gasteiger charge is -2.04. The number of nitrogens with zero attached hydrogens (tertiary/aromatic N) is 1. The van der Waals surface area contributed by atoms with E-state index in [4.69, 9.17) is 4.42 Å². The summed E-state index contributed by atoms with van der Waals surface area (Å²) in [6.07, 6.45) is 1.81. The average Bonchev–Trinajstić information content (AvgIpc) is 3.10. The number of ketones is 1. The first-order chi connectivity index (χ1) is 12.7. The molecule has 0 N–H and O–H groups in total. The molecule has 0 atom stereocenters. The number of oxazole rings is 1. The predicted octanol–water partition coefficient (Wildman–Crippen LogP) is 6.01. The highest BCUT2D eigenvalue weighted by Crippen LogP contribution is 2.26. The lowest BCUT2D eigenvalue weighted by atomic mass is 10.0. The first kappa shape index (κ1) is 16.5. The van der Waals surface area contributed by atoms with Crippen molar-refractivity contribution in [3.8, 4) is 0 Å². The number of para-hydroxylation sites is 2. The number of hydrogen-bond acceptors (Lipinski definition) is 3. The van der Waals surface area contributed by atoms with E-state index in [-0.39, 0.29) is 5.78 Å². The first-order valence-corrected chi connectivity index (χ1v) is 8.93. The van der Waals surface area contributed by atoms with E-state index in [0.717, 1.165) is 15.6 Å². The molecule has 0 unspecified atom stereocenters. The average molecular weight is 404 g/mol. The van der Waals surface area contributed by atoms with Gasteiger partial charge in [0.15, 0.2) is 11.4 Å². The van der Waals surface area contributed by atoms with Crippen molar-refractivity contribution in [3.63, 3.8) is 0 Å². The molecule has 0 aliphatic rings. The Labute approximate surface area is 159 Å². The summed E-state index contributed by atoms with van der Waals surface area (Å²) < 4.78 is 6.80. The molecule has 0 bridgehead atoms. The first-order valence-electron chi connectivity index (χ1n) is 8.14. The maximum Gasteiger partial charge on any atom is 0.231 e. The third kappa shape index (κ3) is 3.37. The number of halogens is 1. The summed E-state index contributed by atoms with van der Waals surface area (Å²) in [6, 6.07) is 24.4. The van der Waals surface area contributed by atoms with Crippen LogP contribution in [-0.4, -0.2) is 10.8 Å². The van der Waals surface area contributed by atoms with Crippen LogP contribution in [-0.2, 0) is 0 Å². The Hall–Kier alpha value is -2.98. The fourth-order valence-corrected chi connectivity index (χ4v) is 3.14. The smallest absolute Gasteiger partial charge is 0.231 e. The Balaban J connectivity index is 1.87. The largest absolute Gasteiger partial charge is 0.436 e. The van der Waals surface area contributed by atoms with Crippen LogP contribution in [0.3, 0.4) is 0 Å². The zero-order valence-corrected chi connectivity index (χ0v) is 15.3. The van der Waals surface area contributed by atoms with Gasteiger partial charge in [0.2, 0.25) is 5.89 Å². The molecule has 126 valence electrons. The van der Waals surface area contributed by atoms with Crippen molar-refractivity contribution in [2.45, 2.75) is 0 Å². The molecule has 0 aliphatic heterocycles. The monoisotopic (exact) mass is 403 g/mol. The van der Waals surface area contributed by atoms with Gasteiger partial charge in [-0.25, -0.2) is 4.98 Å². The molecule has 0 fully saturated rings. The summed E-state index contributed by atoms with van der Waals surface area (Å²) in [6.45, 7) is 0. The Morgan fingerprint density at radius 2 is 1.69 bits per heavy atom. The zero-order valence-electron chi connectivity index (χ0n) is 13.7. The number of carbonyl (C=O) groups excluding carboxylic acids is 1. The number of hydrogen-bond donors (Lipinski definition) is 0. The number of rotatable bonds is 4. The van der Waals surface area contributed by atoms with Gasteiger partial charge in [0.05, 0.1) is 5.57 Å². The summed E-state index contributed by atoms with van der Waals surface area (Å²) in [5.74, 6) is 0.192. The predicted molar refractivity (Wildman–Crippen MR) is 107 cm³/mol. The van der Waals surface area contributed by atoms with Gasteiger partial charge >= 0.3 is 0 Å². The minimum Gasteiger partial charge on any atom is -0.436 e. The molecule has 0 saturated heterocycles. The van der Waals surface area contributed by atoms with Gasteiger partial charge in [-0.2, -0.15) is 0 Å². The van der Waals surface area contributed by atoms with Crippen molar-refractivity contribution in [2.75, 3.05) is 0 Å². The summed E-state index contributed by atoms with van der Waals surface area (Å²) >= 11 is 3.47. The highest BCUT2D eigenvalue weighted by Gasteiger charge is 2.20. The van der Waals surface area contributed by atoms with Crippen molar-refractivity contribution in [1.29, 1.82) is 0 Å². The molecule has 3 nitrogen and oxygen atoms in total. The van der Waals surface area contributed by atoms with E-state index in [2.05, 4.69) is 20.9 Å². The van der Waals surface area contributed by atoms with Gasteiger partial charge in [-0.15, -0.1) is 0 Å². The SMILES string of the molecule is O=C(/C(=C\c1cccc(Br)c1)c1nc2ccccc2o1)c1ccccc1. The Kier molecular flexibility index (Phi) is 4.50. The van der Waals surface area contributed by atoms with Crippen molar-refractivity contribution >= 4 is 44.5 Å². The molecule has 0 saturated carbocycles. The van der Waals surface area contributed by atoms with Crippen LogP contribution in [0.5, 0.6) is 0 Å². The Bertz CT molecular complexity index is 1080. The second-order valence-corrected chi connectivity index (χ2v) is 6.71. The minimum atomic E-state index is -0.128. The topological polar surface area (TPSA) is 43.1 Å². The Morgan fingerprint density at radius 3 is 2.46 bits per heavy atom. The third-order valence-corrected chi connectivity index (χ3v) is 4.46. The minimum absolute atomic E-state index is 0.128. The number of carbonyl (C=O) groups is 1. The number of aromatic nitrogens is 1. The number of fused-ring (bicyclic) bond motifs is 1. The standard InChI is InChI=1S/C22H14BrNO2/c23-17-10-6-7-15(13-17)14-18(21(25)16-8-2-1-3-9-16)22-24-19-11-4-5-12-20(19)26-22/h1-14H/b18-14+. The van der Waals surface area contributed by atoms with Crippen LogP contribution >= 0.6 is 15.9 Å². The number of Topliss-reactive ketones (excluding diaryl/α,β-unsaturated/α-hetero) is 1. The van der Waals surface area contributed by atoms with Gasteiger partial charge in [-0.3, -0.25) is 4.79 Å². The van der Waals surface area contributed by atoms with Gasteiger partial charge in [0.1, 0.15) is 5.52 Å². The molecule has 4 rings (SSSR count). The number of benzene rings is 3. The van der Waals surface area contributed by atoms with Gasteiger partial charge in [-0.1, -0.05) is 70.5 Å². The molecule has 0 amide bonds. The van der Waals surface area contributed by atoms with E-state index in [1.165, 1.54) is 0 Å². The van der Waals surface area contributed by atoms with E-state index in [0.29, 0.717) is 22.6 Å². The summed E-state index contributed by atoms with van der Waals surface area (Å²) in [5.41, 5.74) is 3.29.